The average Bonchev–Trinajstić information content (AvgIpc) is 3.18. The number of rotatable bonds is 5. The van der Waals surface area contributed by atoms with Crippen molar-refractivity contribution in [3.05, 3.63) is 119 Å². The van der Waals surface area contributed by atoms with Crippen molar-refractivity contribution in [2.45, 2.75) is 6.92 Å². The SMILES string of the molecule is C=C/C(=C(\C=C/C)c1ccc2ccc3c(ccn3-c3ccccc3)c2c1)[N+](=O)[O-]. The van der Waals surface area contributed by atoms with E-state index in [4.69, 9.17) is 0 Å². The highest BCUT2D eigenvalue weighted by molar-refractivity contribution is 6.08. The monoisotopic (exact) mass is 380 g/mol. The standard InChI is InChI=1S/C25H20N2O2/c1-3-8-21(24(4-2)27(28)29)19-12-11-18-13-14-25-22(23(18)17-19)15-16-26(25)20-9-6-5-7-10-20/h3-17H,2H2,1H3/b8-3-,24-21-. The number of hydrogen-bond donors (Lipinski definition) is 0. The van der Waals surface area contributed by atoms with Gasteiger partial charge in [-0.3, -0.25) is 10.1 Å². The molecule has 142 valence electrons. The van der Waals surface area contributed by atoms with Gasteiger partial charge in [0.2, 0.25) is 0 Å². The third-order valence-corrected chi connectivity index (χ3v) is 5.03. The first-order valence-electron chi connectivity index (χ1n) is 9.37. The van der Waals surface area contributed by atoms with Crippen LogP contribution in [0.15, 0.2) is 103 Å². The molecule has 0 saturated heterocycles. The molecule has 0 saturated carbocycles. The number of benzene rings is 3. The number of nitro groups is 1. The number of hydrogen-bond acceptors (Lipinski definition) is 2. The number of allylic oxidation sites excluding steroid dienone is 4. The predicted octanol–water partition coefficient (Wildman–Crippen LogP) is 6.53. The van der Waals surface area contributed by atoms with Gasteiger partial charge in [-0.1, -0.05) is 55.1 Å². The lowest BCUT2D eigenvalue weighted by molar-refractivity contribution is -0.417. The Hall–Kier alpha value is -3.92. The first-order valence-corrected chi connectivity index (χ1v) is 9.37. The zero-order valence-corrected chi connectivity index (χ0v) is 16.1. The normalized spacial score (nSPS) is 12.4. The number of para-hydroxylation sites is 1. The summed E-state index contributed by atoms with van der Waals surface area (Å²) >= 11 is 0. The average molecular weight is 380 g/mol. The number of aromatic nitrogens is 1. The van der Waals surface area contributed by atoms with Gasteiger partial charge >= 0.3 is 0 Å². The topological polar surface area (TPSA) is 48.1 Å². The smallest absolute Gasteiger partial charge is 0.276 e. The van der Waals surface area contributed by atoms with Gasteiger partial charge in [0.25, 0.3) is 5.70 Å². The van der Waals surface area contributed by atoms with Crippen LogP contribution in [0, 0.1) is 10.1 Å². The van der Waals surface area contributed by atoms with E-state index in [-0.39, 0.29) is 10.6 Å². The van der Waals surface area contributed by atoms with Gasteiger partial charge in [0.05, 0.1) is 16.0 Å². The van der Waals surface area contributed by atoms with Crippen LogP contribution in [-0.4, -0.2) is 9.49 Å². The minimum absolute atomic E-state index is 0.00326. The Morgan fingerprint density at radius 1 is 1.03 bits per heavy atom. The van der Waals surface area contributed by atoms with Crippen LogP contribution in [0.5, 0.6) is 0 Å². The van der Waals surface area contributed by atoms with Gasteiger partial charge < -0.3 is 4.57 Å². The summed E-state index contributed by atoms with van der Waals surface area (Å²) in [4.78, 5) is 11.1. The van der Waals surface area contributed by atoms with E-state index in [1.165, 1.54) is 6.08 Å². The van der Waals surface area contributed by atoms with Crippen molar-refractivity contribution in [1.82, 2.24) is 4.57 Å². The third-order valence-electron chi connectivity index (χ3n) is 5.03. The van der Waals surface area contributed by atoms with Crippen LogP contribution in [0.3, 0.4) is 0 Å². The molecule has 0 aliphatic heterocycles. The van der Waals surface area contributed by atoms with Gasteiger partial charge in [-0.2, -0.15) is 0 Å². The molecule has 0 N–H and O–H groups in total. The lowest BCUT2D eigenvalue weighted by Gasteiger charge is -2.09. The lowest BCUT2D eigenvalue weighted by atomic mass is 9.97. The molecule has 0 unspecified atom stereocenters. The molecule has 4 nitrogen and oxygen atoms in total. The summed E-state index contributed by atoms with van der Waals surface area (Å²) in [5.41, 5.74) is 3.53. The van der Waals surface area contributed by atoms with Crippen LogP contribution in [0.4, 0.5) is 0 Å². The van der Waals surface area contributed by atoms with Gasteiger partial charge in [0, 0.05) is 23.3 Å². The zero-order valence-electron chi connectivity index (χ0n) is 16.1. The number of nitrogens with zero attached hydrogens (tertiary/aromatic N) is 2. The Kier molecular flexibility index (Phi) is 4.83. The maximum atomic E-state index is 11.5. The highest BCUT2D eigenvalue weighted by Crippen LogP contribution is 2.32. The van der Waals surface area contributed by atoms with Gasteiger partial charge in [-0.25, -0.2) is 0 Å². The molecule has 4 heteroatoms. The van der Waals surface area contributed by atoms with Crippen molar-refractivity contribution in [1.29, 1.82) is 0 Å². The second kappa shape index (κ2) is 7.60. The van der Waals surface area contributed by atoms with E-state index in [9.17, 15) is 10.1 Å². The molecular formula is C25H20N2O2. The summed E-state index contributed by atoms with van der Waals surface area (Å²) in [6.45, 7) is 5.47. The van der Waals surface area contributed by atoms with Crippen LogP contribution in [0.2, 0.25) is 0 Å². The molecule has 1 aromatic heterocycles. The Labute approximate surface area is 168 Å². The van der Waals surface area contributed by atoms with E-state index in [1.54, 1.807) is 12.2 Å². The van der Waals surface area contributed by atoms with Crippen molar-refractivity contribution in [2.24, 2.45) is 0 Å². The van der Waals surface area contributed by atoms with Crippen LogP contribution < -0.4 is 0 Å². The van der Waals surface area contributed by atoms with Crippen LogP contribution >= 0.6 is 0 Å². The lowest BCUT2D eigenvalue weighted by Crippen LogP contribution is -1.99. The second-order valence-electron chi connectivity index (χ2n) is 6.72. The van der Waals surface area contributed by atoms with Crippen LogP contribution in [-0.2, 0) is 0 Å². The molecule has 0 bridgehead atoms. The fourth-order valence-corrected chi connectivity index (χ4v) is 3.71. The summed E-state index contributed by atoms with van der Waals surface area (Å²) in [7, 11) is 0. The molecular weight excluding hydrogens is 360 g/mol. The maximum Gasteiger partial charge on any atom is 0.276 e. The quantitative estimate of drug-likeness (QED) is 0.224. The molecule has 3 aromatic carbocycles. The summed E-state index contributed by atoms with van der Waals surface area (Å²) in [5, 5.41) is 14.8. The Balaban J connectivity index is 1.98. The van der Waals surface area contributed by atoms with E-state index in [1.807, 2.05) is 43.3 Å². The second-order valence-corrected chi connectivity index (χ2v) is 6.72. The summed E-state index contributed by atoms with van der Waals surface area (Å²) in [6.07, 6.45) is 6.92. The van der Waals surface area contributed by atoms with Crippen molar-refractivity contribution < 1.29 is 4.92 Å². The highest BCUT2D eigenvalue weighted by Gasteiger charge is 2.16. The third kappa shape index (κ3) is 3.25. The molecule has 1 heterocycles. The van der Waals surface area contributed by atoms with Crippen molar-refractivity contribution >= 4 is 27.2 Å². The molecule has 4 rings (SSSR count). The first kappa shape index (κ1) is 18.4. The van der Waals surface area contributed by atoms with Gasteiger partial charge in [-0.05, 0) is 53.6 Å². The van der Waals surface area contributed by atoms with E-state index in [2.05, 4.69) is 47.7 Å². The van der Waals surface area contributed by atoms with E-state index >= 15 is 0 Å². The van der Waals surface area contributed by atoms with Gasteiger partial charge in [0.15, 0.2) is 0 Å². The molecule has 0 aliphatic carbocycles. The van der Waals surface area contributed by atoms with Crippen LogP contribution in [0.25, 0.3) is 32.9 Å². The predicted molar refractivity (Wildman–Crippen MR) is 120 cm³/mol. The minimum atomic E-state index is -0.390. The summed E-state index contributed by atoms with van der Waals surface area (Å²) in [5.74, 6) is 0. The Morgan fingerprint density at radius 3 is 2.48 bits per heavy atom. The Bertz CT molecular complexity index is 1290. The van der Waals surface area contributed by atoms with Crippen molar-refractivity contribution in [2.75, 3.05) is 0 Å². The molecule has 0 amide bonds. The summed E-state index contributed by atoms with van der Waals surface area (Å²) in [6, 6.07) is 22.4. The van der Waals surface area contributed by atoms with E-state index in [0.717, 1.165) is 32.9 Å². The molecule has 0 fully saturated rings. The fraction of sp³-hybridized carbons (Fsp3) is 0.0400. The highest BCUT2D eigenvalue weighted by atomic mass is 16.6. The maximum absolute atomic E-state index is 11.5. The van der Waals surface area contributed by atoms with Crippen molar-refractivity contribution in [3.63, 3.8) is 0 Å². The first-order chi connectivity index (χ1) is 14.1. The van der Waals surface area contributed by atoms with Crippen molar-refractivity contribution in [3.8, 4) is 5.69 Å². The van der Waals surface area contributed by atoms with Gasteiger partial charge in [0.1, 0.15) is 0 Å². The van der Waals surface area contributed by atoms with Gasteiger partial charge in [-0.15, -0.1) is 0 Å². The Morgan fingerprint density at radius 2 is 1.79 bits per heavy atom. The zero-order chi connectivity index (χ0) is 20.4. The fourth-order valence-electron chi connectivity index (χ4n) is 3.71. The molecule has 29 heavy (non-hydrogen) atoms. The van der Waals surface area contributed by atoms with Crippen LogP contribution in [0.1, 0.15) is 12.5 Å². The molecule has 0 aliphatic rings. The molecule has 0 spiro atoms. The molecule has 0 radical (unpaired) electrons. The largest absolute Gasteiger partial charge is 0.317 e. The van der Waals surface area contributed by atoms with E-state index < -0.39 is 0 Å². The summed E-state index contributed by atoms with van der Waals surface area (Å²) < 4.78 is 2.15. The minimum Gasteiger partial charge on any atom is -0.317 e. The molecule has 0 atom stereocenters. The number of fused-ring (bicyclic) bond motifs is 3. The molecule has 4 aromatic rings. The van der Waals surface area contributed by atoms with E-state index in [0.29, 0.717) is 5.57 Å².